The van der Waals surface area contributed by atoms with Gasteiger partial charge in [-0.3, -0.25) is 0 Å². The Morgan fingerprint density at radius 2 is 2.14 bits per heavy atom. The molecule has 0 amide bonds. The summed E-state index contributed by atoms with van der Waals surface area (Å²) < 4.78 is 4.78. The Morgan fingerprint density at radius 3 is 2.79 bits per heavy atom. The van der Waals surface area contributed by atoms with Gasteiger partial charge in [-0.2, -0.15) is 5.26 Å². The normalized spacial score (nSPS) is 14.5. The molecule has 0 aliphatic carbocycles. The number of carbonyl (C=O) groups is 1. The summed E-state index contributed by atoms with van der Waals surface area (Å²) in [6, 6.07) is 9.03. The fourth-order valence-corrected chi connectivity index (χ4v) is 1.40. The molecule has 1 aromatic carbocycles. The lowest BCUT2D eigenvalue weighted by atomic mass is 10.0. The van der Waals surface area contributed by atoms with Gasteiger partial charge in [0.25, 0.3) is 0 Å². The summed E-state index contributed by atoms with van der Waals surface area (Å²) in [5, 5.41) is 8.84. The summed E-state index contributed by atoms with van der Waals surface area (Å²) in [4.78, 5) is 11.2. The SMILES string of the molecule is N#Cc1ccccc1C1=CCOC1=O. The molecule has 0 saturated carbocycles. The molecule has 0 radical (unpaired) electrons. The minimum absolute atomic E-state index is 0.300. The van der Waals surface area contributed by atoms with E-state index in [2.05, 4.69) is 0 Å². The number of nitriles is 1. The van der Waals surface area contributed by atoms with Crippen molar-refractivity contribution in [1.82, 2.24) is 0 Å². The second-order valence-electron chi connectivity index (χ2n) is 2.87. The fraction of sp³-hybridized carbons (Fsp3) is 0.0909. The van der Waals surface area contributed by atoms with Crippen LogP contribution in [0.4, 0.5) is 0 Å². The molecule has 0 fully saturated rings. The van der Waals surface area contributed by atoms with Crippen LogP contribution in [-0.2, 0) is 9.53 Å². The molecule has 1 aromatic rings. The minimum atomic E-state index is -0.354. The van der Waals surface area contributed by atoms with E-state index in [1.807, 2.05) is 6.07 Å². The quantitative estimate of drug-likeness (QED) is 0.623. The predicted molar refractivity (Wildman–Crippen MR) is 50.1 cm³/mol. The number of benzene rings is 1. The van der Waals surface area contributed by atoms with Crippen molar-refractivity contribution in [2.45, 2.75) is 0 Å². The van der Waals surface area contributed by atoms with E-state index < -0.39 is 0 Å². The van der Waals surface area contributed by atoms with Gasteiger partial charge >= 0.3 is 5.97 Å². The lowest BCUT2D eigenvalue weighted by Gasteiger charge is -2.01. The second kappa shape index (κ2) is 3.35. The molecular formula is C11H7NO2. The van der Waals surface area contributed by atoms with Gasteiger partial charge in [-0.15, -0.1) is 0 Å². The van der Waals surface area contributed by atoms with Gasteiger partial charge in [-0.1, -0.05) is 18.2 Å². The number of esters is 1. The molecule has 0 aromatic heterocycles. The third-order valence-electron chi connectivity index (χ3n) is 2.06. The summed E-state index contributed by atoms with van der Waals surface area (Å²) in [5.41, 5.74) is 1.64. The van der Waals surface area contributed by atoms with E-state index in [-0.39, 0.29) is 5.97 Å². The van der Waals surface area contributed by atoms with Crippen molar-refractivity contribution in [1.29, 1.82) is 5.26 Å². The second-order valence-corrected chi connectivity index (χ2v) is 2.87. The Balaban J connectivity index is 2.52. The standard InChI is InChI=1S/C11H7NO2/c12-7-8-3-1-2-4-9(8)10-5-6-14-11(10)13/h1-5H,6H2. The monoisotopic (exact) mass is 185 g/mol. The van der Waals surface area contributed by atoms with Crippen LogP contribution in [0.3, 0.4) is 0 Å². The first-order valence-corrected chi connectivity index (χ1v) is 4.19. The zero-order valence-electron chi connectivity index (χ0n) is 7.36. The van der Waals surface area contributed by atoms with Crippen LogP contribution in [0.15, 0.2) is 30.3 Å². The summed E-state index contributed by atoms with van der Waals surface area (Å²) >= 11 is 0. The topological polar surface area (TPSA) is 50.1 Å². The fourth-order valence-electron chi connectivity index (χ4n) is 1.40. The average molecular weight is 185 g/mol. The van der Waals surface area contributed by atoms with Crippen molar-refractivity contribution >= 4 is 11.5 Å². The molecule has 3 heteroatoms. The molecule has 3 nitrogen and oxygen atoms in total. The Bertz CT molecular complexity index is 455. The highest BCUT2D eigenvalue weighted by Gasteiger charge is 2.20. The van der Waals surface area contributed by atoms with E-state index in [1.165, 1.54) is 0 Å². The van der Waals surface area contributed by atoms with E-state index in [1.54, 1.807) is 30.3 Å². The molecule has 2 rings (SSSR count). The van der Waals surface area contributed by atoms with Gasteiger partial charge in [-0.25, -0.2) is 4.79 Å². The van der Waals surface area contributed by atoms with E-state index in [0.29, 0.717) is 23.3 Å². The van der Waals surface area contributed by atoms with E-state index in [4.69, 9.17) is 10.00 Å². The lowest BCUT2D eigenvalue weighted by Crippen LogP contribution is -2.00. The third-order valence-corrected chi connectivity index (χ3v) is 2.06. The highest BCUT2D eigenvalue weighted by atomic mass is 16.5. The maximum atomic E-state index is 11.2. The molecular weight excluding hydrogens is 178 g/mol. The van der Waals surface area contributed by atoms with Crippen molar-refractivity contribution in [2.75, 3.05) is 6.61 Å². The van der Waals surface area contributed by atoms with Crippen molar-refractivity contribution in [3.63, 3.8) is 0 Å². The Morgan fingerprint density at radius 1 is 1.36 bits per heavy atom. The highest BCUT2D eigenvalue weighted by Crippen LogP contribution is 2.23. The number of hydrogen-bond acceptors (Lipinski definition) is 3. The number of cyclic esters (lactones) is 1. The molecule has 68 valence electrons. The summed E-state index contributed by atoms with van der Waals surface area (Å²) in [6.45, 7) is 0.300. The van der Waals surface area contributed by atoms with Gasteiger partial charge < -0.3 is 4.74 Å². The van der Waals surface area contributed by atoms with Crippen LogP contribution >= 0.6 is 0 Å². The Hall–Kier alpha value is -2.08. The van der Waals surface area contributed by atoms with Crippen LogP contribution in [0.5, 0.6) is 0 Å². The molecule has 0 unspecified atom stereocenters. The van der Waals surface area contributed by atoms with Crippen LogP contribution in [0.25, 0.3) is 5.57 Å². The van der Waals surface area contributed by atoms with Crippen LogP contribution in [-0.4, -0.2) is 12.6 Å². The predicted octanol–water partition coefficient (Wildman–Crippen LogP) is 1.50. The molecule has 1 aliphatic heterocycles. The largest absolute Gasteiger partial charge is 0.458 e. The average Bonchev–Trinajstić information content (AvgIpc) is 2.64. The number of hydrogen-bond donors (Lipinski definition) is 0. The zero-order valence-corrected chi connectivity index (χ0v) is 7.36. The van der Waals surface area contributed by atoms with E-state index in [0.717, 1.165) is 0 Å². The van der Waals surface area contributed by atoms with Crippen molar-refractivity contribution in [2.24, 2.45) is 0 Å². The van der Waals surface area contributed by atoms with E-state index in [9.17, 15) is 4.79 Å². The first kappa shape index (κ1) is 8.52. The summed E-state index contributed by atoms with van der Waals surface area (Å²) in [5.74, 6) is -0.354. The summed E-state index contributed by atoms with van der Waals surface area (Å²) in [7, 11) is 0. The molecule has 0 spiro atoms. The number of ether oxygens (including phenoxy) is 1. The molecule has 1 aliphatic rings. The lowest BCUT2D eigenvalue weighted by molar-refractivity contribution is -0.133. The van der Waals surface area contributed by atoms with Gasteiger partial charge in [0.1, 0.15) is 6.61 Å². The van der Waals surface area contributed by atoms with Crippen LogP contribution in [0, 0.1) is 11.3 Å². The molecule has 14 heavy (non-hydrogen) atoms. The maximum absolute atomic E-state index is 11.2. The molecule has 0 N–H and O–H groups in total. The molecule has 1 heterocycles. The van der Waals surface area contributed by atoms with Gasteiger partial charge in [-0.05, 0) is 12.1 Å². The van der Waals surface area contributed by atoms with Crippen LogP contribution in [0.2, 0.25) is 0 Å². The highest BCUT2D eigenvalue weighted by molar-refractivity contribution is 6.18. The summed E-state index contributed by atoms with van der Waals surface area (Å²) in [6.07, 6.45) is 1.69. The third kappa shape index (κ3) is 1.27. The maximum Gasteiger partial charge on any atom is 0.338 e. The molecule has 0 bridgehead atoms. The van der Waals surface area contributed by atoms with Gasteiger partial charge in [0, 0.05) is 5.56 Å². The zero-order chi connectivity index (χ0) is 9.97. The van der Waals surface area contributed by atoms with Crippen molar-refractivity contribution < 1.29 is 9.53 Å². The Labute approximate surface area is 81.2 Å². The number of carbonyl (C=O) groups excluding carboxylic acids is 1. The molecule has 0 saturated heterocycles. The Kier molecular flexibility index (Phi) is 2.04. The van der Waals surface area contributed by atoms with Crippen molar-refractivity contribution in [3.8, 4) is 6.07 Å². The first-order valence-electron chi connectivity index (χ1n) is 4.19. The number of rotatable bonds is 1. The van der Waals surface area contributed by atoms with Crippen LogP contribution in [0.1, 0.15) is 11.1 Å². The number of nitrogens with zero attached hydrogens (tertiary/aromatic N) is 1. The first-order chi connectivity index (χ1) is 6.83. The minimum Gasteiger partial charge on any atom is -0.458 e. The molecule has 0 atom stereocenters. The van der Waals surface area contributed by atoms with Gasteiger partial charge in [0.05, 0.1) is 17.2 Å². The van der Waals surface area contributed by atoms with E-state index >= 15 is 0 Å². The van der Waals surface area contributed by atoms with Gasteiger partial charge in [0.2, 0.25) is 0 Å². The van der Waals surface area contributed by atoms with Crippen LogP contribution < -0.4 is 0 Å². The van der Waals surface area contributed by atoms with Gasteiger partial charge in [0.15, 0.2) is 0 Å². The van der Waals surface area contributed by atoms with Crippen molar-refractivity contribution in [3.05, 3.63) is 41.5 Å². The smallest absolute Gasteiger partial charge is 0.338 e.